The predicted octanol–water partition coefficient (Wildman–Crippen LogP) is 7.15. The average molecular weight is 577 g/mol. The van der Waals surface area contributed by atoms with Gasteiger partial charge in [0.25, 0.3) is 5.91 Å². The zero-order valence-corrected chi connectivity index (χ0v) is 23.5. The third-order valence-electron chi connectivity index (χ3n) is 6.84. The van der Waals surface area contributed by atoms with E-state index in [-0.39, 0.29) is 11.8 Å². The van der Waals surface area contributed by atoms with E-state index in [0.717, 1.165) is 53.4 Å². The Morgan fingerprint density at radius 2 is 1.48 bits per heavy atom. The number of carbonyl (C=O) groups excluding carboxylic acids is 2. The molecule has 7 nitrogen and oxygen atoms in total. The van der Waals surface area contributed by atoms with Crippen LogP contribution in [0.25, 0.3) is 21.8 Å². The van der Waals surface area contributed by atoms with Gasteiger partial charge in [0.1, 0.15) is 5.69 Å². The lowest BCUT2D eigenvalue weighted by Gasteiger charge is -2.23. The molecule has 0 unspecified atom stereocenters. The van der Waals surface area contributed by atoms with Crippen molar-refractivity contribution in [2.24, 2.45) is 0 Å². The van der Waals surface area contributed by atoms with Crippen LogP contribution in [0.1, 0.15) is 28.9 Å². The number of aromatic amines is 2. The van der Waals surface area contributed by atoms with Crippen molar-refractivity contribution >= 4 is 73.9 Å². The van der Waals surface area contributed by atoms with Gasteiger partial charge in [-0.3, -0.25) is 9.59 Å². The fourth-order valence-corrected chi connectivity index (χ4v) is 5.18. The molecule has 9 heteroatoms. The first-order valence-electron chi connectivity index (χ1n) is 13.3. The predicted molar refractivity (Wildman–Crippen MR) is 166 cm³/mol. The number of rotatable bonds is 12. The Hall–Kier alpha value is -3.94. The number of amides is 2. The Labute approximate surface area is 242 Å². The molecule has 40 heavy (non-hydrogen) atoms. The summed E-state index contributed by atoms with van der Waals surface area (Å²) in [5.41, 5.74) is 5.86. The molecule has 0 saturated heterocycles. The van der Waals surface area contributed by atoms with Crippen molar-refractivity contribution in [2.75, 3.05) is 40.4 Å². The van der Waals surface area contributed by atoms with Crippen molar-refractivity contribution in [1.29, 1.82) is 0 Å². The van der Waals surface area contributed by atoms with Crippen molar-refractivity contribution in [3.8, 4) is 0 Å². The summed E-state index contributed by atoms with van der Waals surface area (Å²) in [5.74, 6) is 0.821. The molecule has 2 aromatic heterocycles. The van der Waals surface area contributed by atoms with E-state index in [4.69, 9.17) is 23.2 Å². The lowest BCUT2D eigenvalue weighted by atomic mass is 10.1. The number of carbonyl (C=O) groups is 2. The number of anilines is 3. The van der Waals surface area contributed by atoms with Crippen LogP contribution in [0, 0.1) is 0 Å². The molecular formula is C31H31Cl2N5O2. The third kappa shape index (κ3) is 6.79. The monoisotopic (exact) mass is 575 g/mol. The number of nitrogens with zero attached hydrogens (tertiary/aromatic N) is 1. The highest BCUT2D eigenvalue weighted by molar-refractivity contribution is 6.18. The van der Waals surface area contributed by atoms with Gasteiger partial charge in [0.15, 0.2) is 0 Å². The van der Waals surface area contributed by atoms with Gasteiger partial charge < -0.3 is 25.5 Å². The van der Waals surface area contributed by atoms with Crippen LogP contribution in [0.2, 0.25) is 0 Å². The van der Waals surface area contributed by atoms with Gasteiger partial charge >= 0.3 is 0 Å². The molecule has 4 N–H and O–H groups in total. The molecule has 2 heterocycles. The number of benzene rings is 3. The summed E-state index contributed by atoms with van der Waals surface area (Å²) >= 11 is 11.8. The van der Waals surface area contributed by atoms with E-state index in [1.54, 1.807) is 6.07 Å². The number of fused-ring (bicyclic) bond motifs is 2. The second kappa shape index (κ2) is 12.9. The van der Waals surface area contributed by atoms with Crippen LogP contribution in [0.3, 0.4) is 0 Å². The molecule has 5 rings (SSSR count). The topological polar surface area (TPSA) is 93.0 Å². The molecule has 0 saturated carbocycles. The minimum Gasteiger partial charge on any atom is -0.369 e. The van der Waals surface area contributed by atoms with Crippen LogP contribution in [0.4, 0.5) is 17.1 Å². The normalized spacial score (nSPS) is 11.2. The van der Waals surface area contributed by atoms with Crippen LogP contribution in [-0.4, -0.2) is 46.6 Å². The maximum atomic E-state index is 12.8. The van der Waals surface area contributed by atoms with Gasteiger partial charge in [-0.05, 0) is 72.3 Å². The molecule has 206 valence electrons. The molecule has 3 aromatic carbocycles. The molecule has 0 aliphatic rings. The first-order chi connectivity index (χ1) is 19.5. The molecule has 0 fully saturated rings. The van der Waals surface area contributed by atoms with Crippen molar-refractivity contribution < 1.29 is 9.59 Å². The van der Waals surface area contributed by atoms with Gasteiger partial charge in [-0.25, -0.2) is 0 Å². The van der Waals surface area contributed by atoms with E-state index >= 15 is 0 Å². The van der Waals surface area contributed by atoms with Gasteiger partial charge in [-0.2, -0.15) is 0 Å². The van der Waals surface area contributed by atoms with Crippen molar-refractivity contribution in [1.82, 2.24) is 9.97 Å². The van der Waals surface area contributed by atoms with Crippen LogP contribution >= 0.6 is 23.2 Å². The van der Waals surface area contributed by atoms with Crippen LogP contribution in [-0.2, 0) is 11.2 Å². The van der Waals surface area contributed by atoms with Gasteiger partial charge in [-0.1, -0.05) is 24.3 Å². The maximum Gasteiger partial charge on any atom is 0.272 e. The van der Waals surface area contributed by atoms with E-state index in [1.165, 1.54) is 5.56 Å². The van der Waals surface area contributed by atoms with Crippen LogP contribution < -0.4 is 15.5 Å². The molecule has 0 aliphatic heterocycles. The molecule has 0 atom stereocenters. The Morgan fingerprint density at radius 3 is 2.23 bits per heavy atom. The number of hydrogen-bond acceptors (Lipinski definition) is 3. The molecule has 0 aliphatic carbocycles. The second-order valence-electron chi connectivity index (χ2n) is 9.65. The maximum absolute atomic E-state index is 12.8. The summed E-state index contributed by atoms with van der Waals surface area (Å²) in [6.07, 6.45) is 3.82. The van der Waals surface area contributed by atoms with Crippen molar-refractivity contribution in [2.45, 2.75) is 19.3 Å². The number of nitrogens with one attached hydrogen (secondary N) is 4. The zero-order chi connectivity index (χ0) is 27.9. The lowest BCUT2D eigenvalue weighted by molar-refractivity contribution is -0.116. The van der Waals surface area contributed by atoms with E-state index < -0.39 is 0 Å². The first kappa shape index (κ1) is 27.6. The first-order valence-corrected chi connectivity index (χ1v) is 14.4. The third-order valence-corrected chi connectivity index (χ3v) is 7.18. The summed E-state index contributed by atoms with van der Waals surface area (Å²) in [6.45, 7) is 1.50. The summed E-state index contributed by atoms with van der Waals surface area (Å²) in [6, 6.07) is 23.4. The van der Waals surface area contributed by atoms with E-state index in [2.05, 4.69) is 49.8 Å². The number of aromatic nitrogens is 2. The smallest absolute Gasteiger partial charge is 0.272 e. The second-order valence-corrected chi connectivity index (χ2v) is 10.4. The molecule has 2 amide bonds. The summed E-state index contributed by atoms with van der Waals surface area (Å²) < 4.78 is 0. The highest BCUT2D eigenvalue weighted by Gasteiger charge is 2.12. The van der Waals surface area contributed by atoms with Crippen molar-refractivity contribution in [3.63, 3.8) is 0 Å². The zero-order valence-electron chi connectivity index (χ0n) is 22.0. The SMILES string of the molecule is O=C(CCCc1ccc(N(CCCl)CCCl)cc1)Nc1ccc2cc(C(=O)Nc3ccc4cc[nH]c4c3)[nH]c2c1. The molecular weight excluding hydrogens is 545 g/mol. The van der Waals surface area contributed by atoms with Gasteiger partial charge in [0, 0.05) is 70.9 Å². The Bertz CT molecular complexity index is 1600. The van der Waals surface area contributed by atoms with E-state index in [9.17, 15) is 9.59 Å². The fraction of sp³-hybridized carbons (Fsp3) is 0.226. The van der Waals surface area contributed by atoms with Crippen LogP contribution in [0.5, 0.6) is 0 Å². The Balaban J connectivity index is 1.13. The molecule has 0 bridgehead atoms. The Morgan fingerprint density at radius 1 is 0.775 bits per heavy atom. The molecule has 5 aromatic rings. The quantitative estimate of drug-likeness (QED) is 0.119. The summed E-state index contributed by atoms with van der Waals surface area (Å²) in [5, 5.41) is 7.88. The molecule has 0 spiro atoms. The number of aryl methyl sites for hydroxylation is 1. The van der Waals surface area contributed by atoms with Gasteiger partial charge in [-0.15, -0.1) is 23.2 Å². The Kier molecular flexibility index (Phi) is 8.94. The van der Waals surface area contributed by atoms with Gasteiger partial charge in [0.2, 0.25) is 5.91 Å². The summed E-state index contributed by atoms with van der Waals surface area (Å²) in [7, 11) is 0. The minimum absolute atomic E-state index is 0.0457. The van der Waals surface area contributed by atoms with Crippen molar-refractivity contribution in [3.05, 3.63) is 90.3 Å². The average Bonchev–Trinajstić information content (AvgIpc) is 3.60. The van der Waals surface area contributed by atoms with Gasteiger partial charge in [0.05, 0.1) is 0 Å². The van der Waals surface area contributed by atoms with E-state index in [1.807, 2.05) is 48.7 Å². The largest absolute Gasteiger partial charge is 0.369 e. The highest BCUT2D eigenvalue weighted by atomic mass is 35.5. The van der Waals surface area contributed by atoms with Crippen LogP contribution in [0.15, 0.2) is 79.0 Å². The summed E-state index contributed by atoms with van der Waals surface area (Å²) in [4.78, 5) is 33.9. The van der Waals surface area contributed by atoms with E-state index in [0.29, 0.717) is 35.2 Å². The standard InChI is InChI=1S/C31H31Cl2N5O2/c32-13-16-38(17-14-33)26-10-4-21(5-11-26)2-1-3-30(39)35-24-9-7-23-18-29(37-28(23)20-24)31(40)36-25-8-6-22-12-15-34-27(22)19-25/h4-12,15,18-20,34,37H,1-3,13-14,16-17H2,(H,35,39)(H,36,40). The minimum atomic E-state index is -0.230. The fourth-order valence-electron chi connectivity index (χ4n) is 4.78. The lowest BCUT2D eigenvalue weighted by Crippen LogP contribution is -2.27. The number of alkyl halides is 2. The number of halogens is 2. The highest BCUT2D eigenvalue weighted by Crippen LogP contribution is 2.23. The molecule has 0 radical (unpaired) electrons. The number of hydrogen-bond donors (Lipinski definition) is 4. The number of H-pyrrole nitrogens is 2.